The quantitative estimate of drug-likeness (QED) is 0.805. The summed E-state index contributed by atoms with van der Waals surface area (Å²) in [5.74, 6) is 0.346. The summed E-state index contributed by atoms with van der Waals surface area (Å²) in [7, 11) is 0. The average molecular weight is 326 g/mol. The molecule has 1 amide bonds. The molecular formula is C17H30N2O4. The molecule has 23 heavy (non-hydrogen) atoms. The molecule has 2 heterocycles. The van der Waals surface area contributed by atoms with Crippen LogP contribution < -0.4 is 5.32 Å². The van der Waals surface area contributed by atoms with Crippen molar-refractivity contribution in [3.8, 4) is 0 Å². The lowest BCUT2D eigenvalue weighted by molar-refractivity contribution is -0.151. The number of piperidine rings is 2. The highest BCUT2D eigenvalue weighted by molar-refractivity contribution is 5.72. The van der Waals surface area contributed by atoms with Crippen molar-refractivity contribution in [2.75, 3.05) is 32.8 Å². The Balaban J connectivity index is 1.66. The van der Waals surface area contributed by atoms with E-state index >= 15 is 0 Å². The van der Waals surface area contributed by atoms with E-state index in [4.69, 9.17) is 9.47 Å². The van der Waals surface area contributed by atoms with Crippen molar-refractivity contribution in [1.82, 2.24) is 10.2 Å². The molecule has 2 aliphatic heterocycles. The van der Waals surface area contributed by atoms with Crippen LogP contribution in [0.1, 0.15) is 46.5 Å². The van der Waals surface area contributed by atoms with E-state index in [2.05, 4.69) is 5.32 Å². The van der Waals surface area contributed by atoms with Crippen LogP contribution in [0.3, 0.4) is 0 Å². The molecule has 0 aliphatic carbocycles. The Bertz CT molecular complexity index is 405. The van der Waals surface area contributed by atoms with Gasteiger partial charge in [0.2, 0.25) is 0 Å². The van der Waals surface area contributed by atoms with Gasteiger partial charge in [-0.25, -0.2) is 4.79 Å². The average Bonchev–Trinajstić information content (AvgIpc) is 2.52. The van der Waals surface area contributed by atoms with Crippen molar-refractivity contribution in [3.05, 3.63) is 0 Å². The number of ether oxygens (including phenoxy) is 2. The first-order valence-electron chi connectivity index (χ1n) is 8.70. The van der Waals surface area contributed by atoms with E-state index in [-0.39, 0.29) is 18.0 Å². The summed E-state index contributed by atoms with van der Waals surface area (Å²) in [4.78, 5) is 25.8. The molecule has 0 aromatic carbocycles. The Hall–Kier alpha value is -1.30. The van der Waals surface area contributed by atoms with Crippen LogP contribution in [0, 0.1) is 11.8 Å². The van der Waals surface area contributed by atoms with Crippen LogP contribution in [0.5, 0.6) is 0 Å². The second kappa shape index (κ2) is 7.99. The summed E-state index contributed by atoms with van der Waals surface area (Å²) >= 11 is 0. The maximum atomic E-state index is 12.0. The van der Waals surface area contributed by atoms with Gasteiger partial charge in [0.25, 0.3) is 0 Å². The number of nitrogens with zero attached hydrogens (tertiary/aromatic N) is 1. The lowest BCUT2D eigenvalue weighted by atomic mass is 9.97. The number of rotatable bonds is 3. The minimum Gasteiger partial charge on any atom is -0.465 e. The third-order valence-electron chi connectivity index (χ3n) is 4.40. The molecule has 6 nitrogen and oxygen atoms in total. The number of nitrogens with one attached hydrogen (secondary N) is 1. The van der Waals surface area contributed by atoms with Crippen molar-refractivity contribution < 1.29 is 19.1 Å². The summed E-state index contributed by atoms with van der Waals surface area (Å²) in [6.07, 6.45) is 3.21. The highest BCUT2D eigenvalue weighted by Crippen LogP contribution is 2.21. The molecule has 0 bridgehead atoms. The summed E-state index contributed by atoms with van der Waals surface area (Å²) < 4.78 is 10.9. The van der Waals surface area contributed by atoms with Gasteiger partial charge in [-0.2, -0.15) is 0 Å². The van der Waals surface area contributed by atoms with Gasteiger partial charge in [-0.05, 0) is 65.5 Å². The first kappa shape index (κ1) is 18.0. The van der Waals surface area contributed by atoms with Gasteiger partial charge in [0.1, 0.15) is 5.60 Å². The number of hydrogen-bond donors (Lipinski definition) is 1. The monoisotopic (exact) mass is 326 g/mol. The molecular weight excluding hydrogens is 296 g/mol. The fraction of sp³-hybridized carbons (Fsp3) is 0.882. The lowest BCUT2D eigenvalue weighted by Gasteiger charge is -2.33. The summed E-state index contributed by atoms with van der Waals surface area (Å²) in [5.41, 5.74) is -0.460. The van der Waals surface area contributed by atoms with E-state index in [0.717, 1.165) is 38.8 Å². The Kier molecular flexibility index (Phi) is 6.27. The van der Waals surface area contributed by atoms with Gasteiger partial charge >= 0.3 is 12.1 Å². The third kappa shape index (κ3) is 6.01. The molecule has 0 atom stereocenters. The van der Waals surface area contributed by atoms with E-state index in [1.165, 1.54) is 0 Å². The normalized spacial score (nSPS) is 21.1. The van der Waals surface area contributed by atoms with Gasteiger partial charge in [-0.1, -0.05) is 0 Å². The first-order valence-corrected chi connectivity index (χ1v) is 8.70. The zero-order chi connectivity index (χ0) is 16.9. The van der Waals surface area contributed by atoms with E-state index in [1.807, 2.05) is 20.8 Å². The Labute approximate surface area is 138 Å². The molecule has 0 aromatic rings. The van der Waals surface area contributed by atoms with Crippen LogP contribution in [-0.2, 0) is 14.3 Å². The van der Waals surface area contributed by atoms with Crippen LogP contribution in [0.4, 0.5) is 4.79 Å². The lowest BCUT2D eigenvalue weighted by Crippen LogP contribution is -2.42. The topological polar surface area (TPSA) is 67.9 Å². The first-order chi connectivity index (χ1) is 10.8. The van der Waals surface area contributed by atoms with Crippen LogP contribution in [-0.4, -0.2) is 55.3 Å². The third-order valence-corrected chi connectivity index (χ3v) is 4.40. The van der Waals surface area contributed by atoms with Gasteiger partial charge in [0.15, 0.2) is 0 Å². The second-order valence-electron chi connectivity index (χ2n) is 7.57. The van der Waals surface area contributed by atoms with Crippen molar-refractivity contribution in [3.63, 3.8) is 0 Å². The zero-order valence-electron chi connectivity index (χ0n) is 14.6. The molecule has 6 heteroatoms. The molecule has 0 unspecified atom stereocenters. The largest absolute Gasteiger partial charge is 0.465 e. The van der Waals surface area contributed by atoms with Gasteiger partial charge in [0, 0.05) is 13.1 Å². The molecule has 0 spiro atoms. The molecule has 2 aliphatic rings. The van der Waals surface area contributed by atoms with Crippen LogP contribution in [0.25, 0.3) is 0 Å². The number of carbonyl (C=O) groups excluding carboxylic acids is 2. The molecule has 0 aromatic heterocycles. The molecule has 0 radical (unpaired) electrons. The van der Waals surface area contributed by atoms with Crippen LogP contribution in [0.15, 0.2) is 0 Å². The van der Waals surface area contributed by atoms with E-state index in [1.54, 1.807) is 4.90 Å². The van der Waals surface area contributed by atoms with Gasteiger partial charge in [0.05, 0.1) is 12.5 Å². The predicted molar refractivity (Wildman–Crippen MR) is 87.1 cm³/mol. The number of hydrogen-bond acceptors (Lipinski definition) is 5. The van der Waals surface area contributed by atoms with Crippen molar-refractivity contribution in [2.45, 2.75) is 52.1 Å². The summed E-state index contributed by atoms with van der Waals surface area (Å²) in [5, 5.41) is 3.25. The summed E-state index contributed by atoms with van der Waals surface area (Å²) in [6.45, 7) is 9.23. The molecule has 132 valence electrons. The molecule has 2 rings (SSSR count). The fourth-order valence-electron chi connectivity index (χ4n) is 2.98. The van der Waals surface area contributed by atoms with Crippen molar-refractivity contribution >= 4 is 12.1 Å². The Morgan fingerprint density at radius 2 is 1.70 bits per heavy atom. The number of amides is 1. The molecule has 1 N–H and O–H groups in total. The maximum absolute atomic E-state index is 12.0. The molecule has 0 saturated carbocycles. The van der Waals surface area contributed by atoms with E-state index in [9.17, 15) is 9.59 Å². The van der Waals surface area contributed by atoms with Crippen LogP contribution >= 0.6 is 0 Å². The smallest absolute Gasteiger partial charge is 0.410 e. The van der Waals surface area contributed by atoms with Gasteiger partial charge < -0.3 is 19.7 Å². The summed E-state index contributed by atoms with van der Waals surface area (Å²) in [6, 6.07) is 0. The van der Waals surface area contributed by atoms with Crippen molar-refractivity contribution in [1.29, 1.82) is 0 Å². The van der Waals surface area contributed by atoms with E-state index < -0.39 is 5.60 Å². The van der Waals surface area contributed by atoms with Crippen LogP contribution in [0.2, 0.25) is 0 Å². The standard InChI is InChI=1S/C17H30N2O4/c1-17(2,3)23-16(21)19-10-6-13(7-11-19)12-22-15(20)14-4-8-18-9-5-14/h13-14,18H,4-12H2,1-3H3. The fourth-order valence-corrected chi connectivity index (χ4v) is 2.98. The highest BCUT2D eigenvalue weighted by atomic mass is 16.6. The van der Waals surface area contributed by atoms with E-state index in [0.29, 0.717) is 25.6 Å². The minimum atomic E-state index is -0.460. The SMILES string of the molecule is CC(C)(C)OC(=O)N1CCC(COC(=O)C2CCNCC2)CC1. The van der Waals surface area contributed by atoms with Crippen molar-refractivity contribution in [2.24, 2.45) is 11.8 Å². The maximum Gasteiger partial charge on any atom is 0.410 e. The number of esters is 1. The Morgan fingerprint density at radius 1 is 1.09 bits per heavy atom. The Morgan fingerprint density at radius 3 is 2.26 bits per heavy atom. The number of carbonyl (C=O) groups is 2. The van der Waals surface area contributed by atoms with Gasteiger partial charge in [-0.3, -0.25) is 4.79 Å². The van der Waals surface area contributed by atoms with Gasteiger partial charge in [-0.15, -0.1) is 0 Å². The molecule has 2 saturated heterocycles. The zero-order valence-corrected chi connectivity index (χ0v) is 14.6. The number of likely N-dealkylation sites (tertiary alicyclic amines) is 1. The molecule has 2 fully saturated rings. The second-order valence-corrected chi connectivity index (χ2v) is 7.57. The minimum absolute atomic E-state index is 0.0538. The predicted octanol–water partition coefficient (Wildman–Crippen LogP) is 2.18. The highest BCUT2D eigenvalue weighted by Gasteiger charge is 2.28.